The molecule has 1 aliphatic rings. The van der Waals surface area contributed by atoms with E-state index in [9.17, 15) is 28.7 Å². The fourth-order valence-corrected chi connectivity index (χ4v) is 12.8. The summed E-state index contributed by atoms with van der Waals surface area (Å²) >= 11 is 2.20. The van der Waals surface area contributed by atoms with E-state index in [-0.39, 0.29) is 14.7 Å². The highest BCUT2D eigenvalue weighted by atomic mass is 32.1. The van der Waals surface area contributed by atoms with Crippen molar-refractivity contribution in [3.05, 3.63) is 126 Å². The van der Waals surface area contributed by atoms with Crippen molar-refractivity contribution in [3.63, 3.8) is 0 Å². The number of thiophene rings is 2. The molecule has 2 heterocycles. The topological polar surface area (TPSA) is 118 Å². The fourth-order valence-electron chi connectivity index (χ4n) is 9.22. The average molecular weight is 938 g/mol. The first-order valence-corrected chi connectivity index (χ1v) is 28.2. The second kappa shape index (κ2) is 21.8. The van der Waals surface area contributed by atoms with Gasteiger partial charge in [-0.05, 0) is 112 Å². The van der Waals surface area contributed by atoms with Gasteiger partial charge in [-0.15, -0.1) is 22.7 Å². The average Bonchev–Trinajstić information content (AvgIpc) is 4.03. The SMILES string of the molecule is CCCCCCCCCCCCCCCCCCc1ccc2c(c1)C(C)(C)c1cc(N(c3ccc(-c4ccc(P(=O)(O)O)s4)cc3)c3ccc(-c4ccc(P(=O)(O)O)s4)cc3)ccc1-2. The Morgan fingerprint density at radius 2 is 0.859 bits per heavy atom. The molecule has 7 nitrogen and oxygen atoms in total. The summed E-state index contributed by atoms with van der Waals surface area (Å²) in [5.41, 5.74) is 10.9. The zero-order valence-electron chi connectivity index (χ0n) is 37.7. The first-order valence-electron chi connectivity index (χ1n) is 23.4. The Labute approximate surface area is 389 Å². The van der Waals surface area contributed by atoms with Crippen LogP contribution in [0.15, 0.2) is 109 Å². The summed E-state index contributed by atoms with van der Waals surface area (Å²) in [4.78, 5) is 42.6. The number of nitrogens with zero attached hydrogens (tertiary/aromatic N) is 1. The lowest BCUT2D eigenvalue weighted by Crippen LogP contribution is -2.17. The molecule has 0 spiro atoms. The molecule has 64 heavy (non-hydrogen) atoms. The van der Waals surface area contributed by atoms with E-state index in [2.05, 4.69) is 62.1 Å². The van der Waals surface area contributed by atoms with Gasteiger partial charge in [0.05, 0.1) is 0 Å². The monoisotopic (exact) mass is 937 g/mol. The molecule has 340 valence electrons. The Morgan fingerprint density at radius 3 is 1.28 bits per heavy atom. The molecule has 0 unspecified atom stereocenters. The van der Waals surface area contributed by atoms with Gasteiger partial charge in [0.15, 0.2) is 0 Å². The van der Waals surface area contributed by atoms with Crippen LogP contribution in [0.25, 0.3) is 32.0 Å². The van der Waals surface area contributed by atoms with Gasteiger partial charge in [0.25, 0.3) is 0 Å². The van der Waals surface area contributed by atoms with Crippen LogP contribution in [0, 0.1) is 0 Å². The minimum Gasteiger partial charge on any atom is -0.320 e. The highest BCUT2D eigenvalue weighted by Gasteiger charge is 2.36. The summed E-state index contributed by atoms with van der Waals surface area (Å²) in [5, 5.41) is 0. The van der Waals surface area contributed by atoms with Crippen molar-refractivity contribution in [2.45, 2.75) is 135 Å². The molecule has 2 aromatic heterocycles. The summed E-state index contributed by atoms with van der Waals surface area (Å²) in [6, 6.07) is 36.4. The summed E-state index contributed by atoms with van der Waals surface area (Å²) in [6.45, 7) is 6.94. The summed E-state index contributed by atoms with van der Waals surface area (Å²) in [6.07, 6.45) is 23.1. The molecule has 0 amide bonds. The molecule has 4 N–H and O–H groups in total. The molecule has 0 aliphatic heterocycles. The summed E-state index contributed by atoms with van der Waals surface area (Å²) in [5.74, 6) is 0. The third-order valence-electron chi connectivity index (χ3n) is 12.9. The number of unbranched alkanes of at least 4 members (excludes halogenated alkanes) is 15. The van der Waals surface area contributed by atoms with Gasteiger partial charge in [0.2, 0.25) is 0 Å². The van der Waals surface area contributed by atoms with Gasteiger partial charge in [0, 0.05) is 32.2 Å². The lowest BCUT2D eigenvalue weighted by molar-refractivity contribution is 0.386. The number of fused-ring (bicyclic) bond motifs is 3. The molecular formula is C53H65NO6P2S2. The number of hydrogen-bond donors (Lipinski definition) is 4. The van der Waals surface area contributed by atoms with Crippen LogP contribution in [0.1, 0.15) is 140 Å². The van der Waals surface area contributed by atoms with Gasteiger partial charge < -0.3 is 24.5 Å². The van der Waals surface area contributed by atoms with E-state index in [1.807, 2.05) is 48.5 Å². The number of rotatable bonds is 24. The van der Waals surface area contributed by atoms with Crippen molar-refractivity contribution in [1.29, 1.82) is 0 Å². The van der Waals surface area contributed by atoms with Crippen LogP contribution in [0.3, 0.4) is 0 Å². The quantitative estimate of drug-likeness (QED) is 0.0353. The number of anilines is 3. The lowest BCUT2D eigenvalue weighted by Gasteiger charge is -2.28. The Kier molecular flexibility index (Phi) is 16.4. The molecule has 0 fully saturated rings. The molecule has 1 aliphatic carbocycles. The van der Waals surface area contributed by atoms with Gasteiger partial charge in [-0.2, -0.15) is 0 Å². The first-order chi connectivity index (χ1) is 30.7. The second-order valence-electron chi connectivity index (χ2n) is 18.1. The third-order valence-corrected chi connectivity index (χ3v) is 18.2. The zero-order chi connectivity index (χ0) is 45.3. The molecule has 6 aromatic rings. The predicted molar refractivity (Wildman–Crippen MR) is 272 cm³/mol. The molecular weight excluding hydrogens is 873 g/mol. The van der Waals surface area contributed by atoms with E-state index in [1.165, 1.54) is 143 Å². The highest BCUT2D eigenvalue weighted by molar-refractivity contribution is 7.68. The van der Waals surface area contributed by atoms with Crippen molar-refractivity contribution in [2.24, 2.45) is 0 Å². The molecule has 0 saturated heterocycles. The van der Waals surface area contributed by atoms with E-state index in [4.69, 9.17) is 0 Å². The van der Waals surface area contributed by atoms with E-state index in [0.29, 0.717) is 0 Å². The number of aryl methyl sites for hydroxylation is 1. The van der Waals surface area contributed by atoms with Crippen LogP contribution in [-0.2, 0) is 21.0 Å². The van der Waals surface area contributed by atoms with Crippen molar-refractivity contribution in [2.75, 3.05) is 4.90 Å². The zero-order valence-corrected chi connectivity index (χ0v) is 41.1. The summed E-state index contributed by atoms with van der Waals surface area (Å²) < 4.78 is 23.9. The molecule has 0 bridgehead atoms. The molecule has 0 atom stereocenters. The van der Waals surface area contributed by atoms with E-state index in [0.717, 1.165) is 67.0 Å². The van der Waals surface area contributed by atoms with Crippen molar-refractivity contribution < 1.29 is 28.7 Å². The van der Waals surface area contributed by atoms with Crippen LogP contribution < -0.4 is 14.1 Å². The van der Waals surface area contributed by atoms with Gasteiger partial charge in [-0.3, -0.25) is 9.13 Å². The smallest absolute Gasteiger partial charge is 0.320 e. The third kappa shape index (κ3) is 12.0. The van der Waals surface area contributed by atoms with E-state index >= 15 is 0 Å². The maximum Gasteiger partial charge on any atom is 0.366 e. The normalized spacial score (nSPS) is 13.3. The summed E-state index contributed by atoms with van der Waals surface area (Å²) in [7, 11) is -8.69. The predicted octanol–water partition coefficient (Wildman–Crippen LogP) is 15.3. The van der Waals surface area contributed by atoms with Gasteiger partial charge in [-0.1, -0.05) is 166 Å². The largest absolute Gasteiger partial charge is 0.366 e. The van der Waals surface area contributed by atoms with Crippen molar-refractivity contribution in [1.82, 2.24) is 0 Å². The highest BCUT2D eigenvalue weighted by Crippen LogP contribution is 2.51. The van der Waals surface area contributed by atoms with Gasteiger partial charge in [-0.25, -0.2) is 0 Å². The minimum absolute atomic E-state index is 0.0426. The minimum atomic E-state index is -4.34. The maximum atomic E-state index is 11.9. The van der Waals surface area contributed by atoms with E-state index in [1.54, 1.807) is 12.1 Å². The lowest BCUT2D eigenvalue weighted by atomic mass is 9.81. The van der Waals surface area contributed by atoms with Crippen LogP contribution in [-0.4, -0.2) is 19.6 Å². The number of hydrogen-bond acceptors (Lipinski definition) is 5. The van der Waals surface area contributed by atoms with E-state index < -0.39 is 15.2 Å². The van der Waals surface area contributed by atoms with Crippen molar-refractivity contribution in [3.8, 4) is 32.0 Å². The van der Waals surface area contributed by atoms with Crippen LogP contribution in [0.4, 0.5) is 17.1 Å². The van der Waals surface area contributed by atoms with Gasteiger partial charge >= 0.3 is 15.2 Å². The molecule has 7 rings (SSSR count). The standard InChI is InChI=1S/C53H65NO6P2S2/c1-4-5-6-7-8-9-10-11-12-13-14-15-16-17-18-19-20-39-21-31-45-46-32-30-44(38-48(46)53(2,3)47(45)37-39)54(42-26-22-40(23-27-42)49-33-35-51(63-49)61(55,56)57)43-28-24-41(25-29-43)50-34-36-52(64-50)62(58,59)60/h21-38H,4-20H2,1-3H3,(H2,55,56,57)(H2,58,59,60). The van der Waals surface area contributed by atoms with Crippen LogP contribution >= 0.6 is 37.9 Å². The van der Waals surface area contributed by atoms with Crippen LogP contribution in [0.5, 0.6) is 0 Å². The molecule has 0 saturated carbocycles. The van der Waals surface area contributed by atoms with Gasteiger partial charge in [0.1, 0.15) is 9.24 Å². The Morgan fingerprint density at radius 1 is 0.469 bits per heavy atom. The molecule has 0 radical (unpaired) electrons. The first kappa shape index (κ1) is 48.3. The Hall–Kier alpha value is -3.62. The fraction of sp³-hybridized carbons (Fsp3) is 0.396. The Bertz CT molecular complexity index is 2450. The molecule has 4 aromatic carbocycles. The number of benzene rings is 4. The van der Waals surface area contributed by atoms with Crippen LogP contribution in [0.2, 0.25) is 0 Å². The second-order valence-corrected chi connectivity index (χ2v) is 24.0. The Balaban J connectivity index is 1.02. The van der Waals surface area contributed by atoms with Crippen molar-refractivity contribution >= 4 is 64.2 Å². The molecule has 11 heteroatoms. The maximum absolute atomic E-state index is 11.9.